The molecule has 1 aliphatic carbocycles. The summed E-state index contributed by atoms with van der Waals surface area (Å²) in [6.45, 7) is 9.19. The number of likely N-dealkylation sites (tertiary alicyclic amines) is 1. The molecule has 1 aliphatic heterocycles. The van der Waals surface area contributed by atoms with E-state index in [9.17, 15) is 5.11 Å². The van der Waals surface area contributed by atoms with Crippen molar-refractivity contribution in [1.82, 2.24) is 10.2 Å². The summed E-state index contributed by atoms with van der Waals surface area (Å²) < 4.78 is 0. The molecule has 0 aromatic heterocycles. The van der Waals surface area contributed by atoms with Gasteiger partial charge in [-0.05, 0) is 50.6 Å². The molecule has 2 N–H and O–H groups in total. The van der Waals surface area contributed by atoms with Crippen LogP contribution < -0.4 is 5.32 Å². The highest BCUT2D eigenvalue weighted by Gasteiger charge is 2.45. The van der Waals surface area contributed by atoms with E-state index in [2.05, 4.69) is 24.1 Å². The summed E-state index contributed by atoms with van der Waals surface area (Å²) in [5, 5.41) is 13.4. The lowest BCUT2D eigenvalue weighted by atomic mass is 9.91. The van der Waals surface area contributed by atoms with E-state index in [1.54, 1.807) is 0 Å². The highest BCUT2D eigenvalue weighted by molar-refractivity contribution is 5.03. The van der Waals surface area contributed by atoms with Gasteiger partial charge in [0.1, 0.15) is 0 Å². The van der Waals surface area contributed by atoms with E-state index in [0.29, 0.717) is 5.92 Å². The molecule has 1 saturated heterocycles. The van der Waals surface area contributed by atoms with E-state index < -0.39 is 0 Å². The van der Waals surface area contributed by atoms with Crippen LogP contribution in [0.15, 0.2) is 0 Å². The van der Waals surface area contributed by atoms with Gasteiger partial charge in [-0.2, -0.15) is 0 Å². The largest absolute Gasteiger partial charge is 0.394 e. The van der Waals surface area contributed by atoms with Crippen LogP contribution in [0.1, 0.15) is 39.5 Å². The fraction of sp³-hybridized carbons (Fsp3) is 1.00. The number of piperidine rings is 1. The van der Waals surface area contributed by atoms with Gasteiger partial charge in [0.05, 0.1) is 12.1 Å². The van der Waals surface area contributed by atoms with Crippen LogP contribution in [-0.4, -0.2) is 48.3 Å². The van der Waals surface area contributed by atoms with E-state index in [1.165, 1.54) is 38.8 Å². The normalized spacial score (nSPS) is 30.2. The SMILES string of the molecule is CCNC(CO)(CN1CCCC(C)C1)C1CC1. The quantitative estimate of drug-likeness (QED) is 0.738. The zero-order valence-electron chi connectivity index (χ0n) is 11.4. The number of nitrogens with one attached hydrogen (secondary N) is 1. The molecule has 2 fully saturated rings. The van der Waals surface area contributed by atoms with Gasteiger partial charge in [0.25, 0.3) is 0 Å². The Labute approximate surface area is 106 Å². The monoisotopic (exact) mass is 240 g/mol. The van der Waals surface area contributed by atoms with Crippen molar-refractivity contribution in [3.63, 3.8) is 0 Å². The highest BCUT2D eigenvalue weighted by Crippen LogP contribution is 2.40. The standard InChI is InChI=1S/C14H28N2O/c1-3-15-14(11-17,13-6-7-13)10-16-8-4-5-12(2)9-16/h12-13,15,17H,3-11H2,1-2H3. The summed E-state index contributed by atoms with van der Waals surface area (Å²) >= 11 is 0. The molecule has 2 rings (SSSR count). The van der Waals surface area contributed by atoms with Crippen molar-refractivity contribution in [2.45, 2.75) is 45.1 Å². The lowest BCUT2D eigenvalue weighted by molar-refractivity contribution is 0.0721. The van der Waals surface area contributed by atoms with Crippen LogP contribution in [-0.2, 0) is 0 Å². The molecule has 0 bridgehead atoms. The first-order valence-electron chi connectivity index (χ1n) is 7.28. The third-order valence-corrected chi connectivity index (χ3v) is 4.42. The van der Waals surface area contributed by atoms with E-state index in [-0.39, 0.29) is 12.1 Å². The van der Waals surface area contributed by atoms with Gasteiger partial charge in [0.2, 0.25) is 0 Å². The molecule has 0 aromatic carbocycles. The second-order valence-corrected chi connectivity index (χ2v) is 6.10. The molecule has 0 amide bonds. The highest BCUT2D eigenvalue weighted by atomic mass is 16.3. The van der Waals surface area contributed by atoms with Gasteiger partial charge in [-0.3, -0.25) is 0 Å². The minimum absolute atomic E-state index is 0.0220. The molecule has 100 valence electrons. The van der Waals surface area contributed by atoms with E-state index in [1.807, 2.05) is 0 Å². The van der Waals surface area contributed by atoms with Gasteiger partial charge in [0.15, 0.2) is 0 Å². The predicted octanol–water partition coefficient (Wildman–Crippen LogP) is 1.47. The molecule has 17 heavy (non-hydrogen) atoms. The second-order valence-electron chi connectivity index (χ2n) is 6.10. The topological polar surface area (TPSA) is 35.5 Å². The fourth-order valence-electron chi connectivity index (χ4n) is 3.38. The Bertz CT molecular complexity index is 242. The molecule has 0 aromatic rings. The Morgan fingerprint density at radius 3 is 2.65 bits per heavy atom. The number of aliphatic hydroxyl groups excluding tert-OH is 1. The molecule has 2 unspecified atom stereocenters. The summed E-state index contributed by atoms with van der Waals surface area (Å²) in [6, 6.07) is 0. The van der Waals surface area contributed by atoms with Crippen LogP contribution in [0.2, 0.25) is 0 Å². The Morgan fingerprint density at radius 1 is 1.35 bits per heavy atom. The van der Waals surface area contributed by atoms with Crippen molar-refractivity contribution in [3.8, 4) is 0 Å². The molecule has 0 spiro atoms. The summed E-state index contributed by atoms with van der Waals surface area (Å²) in [7, 11) is 0. The Morgan fingerprint density at radius 2 is 2.12 bits per heavy atom. The lowest BCUT2D eigenvalue weighted by Crippen LogP contribution is -2.59. The molecule has 2 atom stereocenters. The zero-order valence-corrected chi connectivity index (χ0v) is 11.4. The summed E-state index contributed by atoms with van der Waals surface area (Å²) in [5.41, 5.74) is -0.0220. The third kappa shape index (κ3) is 3.21. The average molecular weight is 240 g/mol. The third-order valence-electron chi connectivity index (χ3n) is 4.42. The minimum atomic E-state index is -0.0220. The van der Waals surface area contributed by atoms with Crippen LogP contribution in [0.5, 0.6) is 0 Å². The Balaban J connectivity index is 1.95. The zero-order chi connectivity index (χ0) is 12.3. The van der Waals surface area contributed by atoms with Gasteiger partial charge >= 0.3 is 0 Å². The molecular weight excluding hydrogens is 212 g/mol. The summed E-state index contributed by atoms with van der Waals surface area (Å²) in [6.07, 6.45) is 5.26. The first-order chi connectivity index (χ1) is 8.20. The molecule has 3 nitrogen and oxygen atoms in total. The van der Waals surface area contributed by atoms with Crippen molar-refractivity contribution in [2.24, 2.45) is 11.8 Å². The average Bonchev–Trinajstić information content (AvgIpc) is 3.12. The maximum absolute atomic E-state index is 9.83. The minimum Gasteiger partial charge on any atom is -0.394 e. The van der Waals surface area contributed by atoms with Crippen LogP contribution in [0.25, 0.3) is 0 Å². The van der Waals surface area contributed by atoms with Crippen LogP contribution >= 0.6 is 0 Å². The van der Waals surface area contributed by atoms with Crippen molar-refractivity contribution in [2.75, 3.05) is 32.8 Å². The smallest absolute Gasteiger partial charge is 0.0628 e. The first-order valence-corrected chi connectivity index (χ1v) is 7.28. The molecule has 3 heteroatoms. The van der Waals surface area contributed by atoms with Crippen molar-refractivity contribution < 1.29 is 5.11 Å². The molecular formula is C14H28N2O. The number of hydrogen-bond donors (Lipinski definition) is 2. The lowest BCUT2D eigenvalue weighted by Gasteiger charge is -2.41. The Hall–Kier alpha value is -0.120. The van der Waals surface area contributed by atoms with Crippen LogP contribution in [0, 0.1) is 11.8 Å². The first kappa shape index (κ1) is 13.3. The molecule has 2 aliphatic rings. The van der Waals surface area contributed by atoms with Crippen molar-refractivity contribution in [1.29, 1.82) is 0 Å². The molecule has 1 saturated carbocycles. The van der Waals surface area contributed by atoms with Gasteiger partial charge in [0, 0.05) is 13.1 Å². The van der Waals surface area contributed by atoms with Gasteiger partial charge in [-0.15, -0.1) is 0 Å². The molecule has 0 radical (unpaired) electrons. The van der Waals surface area contributed by atoms with Crippen molar-refractivity contribution in [3.05, 3.63) is 0 Å². The van der Waals surface area contributed by atoms with Crippen molar-refractivity contribution >= 4 is 0 Å². The maximum Gasteiger partial charge on any atom is 0.0628 e. The second kappa shape index (κ2) is 5.68. The van der Waals surface area contributed by atoms with Crippen LogP contribution in [0.3, 0.4) is 0 Å². The number of aliphatic hydroxyl groups is 1. The van der Waals surface area contributed by atoms with Gasteiger partial charge < -0.3 is 15.3 Å². The molecule has 1 heterocycles. The van der Waals surface area contributed by atoms with E-state index in [4.69, 9.17) is 0 Å². The van der Waals surface area contributed by atoms with E-state index >= 15 is 0 Å². The Kier molecular flexibility index (Phi) is 4.45. The number of nitrogens with zero attached hydrogens (tertiary/aromatic N) is 1. The summed E-state index contributed by atoms with van der Waals surface area (Å²) in [5.74, 6) is 1.52. The number of hydrogen-bond acceptors (Lipinski definition) is 3. The fourth-order valence-corrected chi connectivity index (χ4v) is 3.38. The summed E-state index contributed by atoms with van der Waals surface area (Å²) in [4.78, 5) is 2.56. The van der Waals surface area contributed by atoms with E-state index in [0.717, 1.165) is 19.0 Å². The predicted molar refractivity (Wildman–Crippen MR) is 71.1 cm³/mol. The number of likely N-dealkylation sites (N-methyl/N-ethyl adjacent to an activating group) is 1. The number of rotatable bonds is 6. The van der Waals surface area contributed by atoms with Crippen LogP contribution in [0.4, 0.5) is 0 Å². The maximum atomic E-state index is 9.83. The van der Waals surface area contributed by atoms with Gasteiger partial charge in [-0.25, -0.2) is 0 Å². The van der Waals surface area contributed by atoms with Gasteiger partial charge in [-0.1, -0.05) is 13.8 Å².